The van der Waals surface area contributed by atoms with Crippen molar-refractivity contribution < 1.29 is 9.53 Å². The van der Waals surface area contributed by atoms with Gasteiger partial charge in [-0.3, -0.25) is 4.79 Å². The number of hydrogen-bond acceptors (Lipinski definition) is 3. The van der Waals surface area contributed by atoms with Gasteiger partial charge in [0.25, 0.3) is 0 Å². The first-order chi connectivity index (χ1) is 9.70. The van der Waals surface area contributed by atoms with Gasteiger partial charge in [-0.15, -0.1) is 0 Å². The number of ether oxygens (including phenoxy) is 1. The number of carbonyl (C=O) groups is 1. The quantitative estimate of drug-likeness (QED) is 0.849. The number of benzene rings is 2. The Balaban J connectivity index is 2.04. The highest BCUT2D eigenvalue weighted by molar-refractivity contribution is 5.76. The van der Waals surface area contributed by atoms with E-state index in [0.29, 0.717) is 13.0 Å². The molecule has 0 aliphatic rings. The standard InChI is InChI=1S/C17H19NO2/c1-2-20-17(19)16(18)12-13-8-10-15(11-9-13)14-6-4-3-5-7-14/h3-11,16H,2,12,18H2,1H3/t16-/m0/s1. The molecule has 104 valence electrons. The summed E-state index contributed by atoms with van der Waals surface area (Å²) >= 11 is 0. The van der Waals surface area contributed by atoms with E-state index in [4.69, 9.17) is 10.5 Å². The monoisotopic (exact) mass is 269 g/mol. The Hall–Kier alpha value is -2.13. The third-order valence-electron chi connectivity index (χ3n) is 3.11. The van der Waals surface area contributed by atoms with Crippen molar-refractivity contribution in [3.8, 4) is 11.1 Å². The average molecular weight is 269 g/mol. The van der Waals surface area contributed by atoms with Gasteiger partial charge in [-0.05, 0) is 30.0 Å². The highest BCUT2D eigenvalue weighted by Crippen LogP contribution is 2.19. The van der Waals surface area contributed by atoms with Gasteiger partial charge in [0.1, 0.15) is 6.04 Å². The van der Waals surface area contributed by atoms with Crippen LogP contribution in [0, 0.1) is 0 Å². The van der Waals surface area contributed by atoms with Gasteiger partial charge < -0.3 is 10.5 Å². The van der Waals surface area contributed by atoms with Crippen molar-refractivity contribution in [2.24, 2.45) is 5.73 Å². The lowest BCUT2D eigenvalue weighted by atomic mass is 10.0. The number of hydrogen-bond donors (Lipinski definition) is 1. The molecule has 0 fully saturated rings. The van der Waals surface area contributed by atoms with Gasteiger partial charge in [-0.25, -0.2) is 0 Å². The van der Waals surface area contributed by atoms with E-state index in [2.05, 4.69) is 12.1 Å². The average Bonchev–Trinajstić information content (AvgIpc) is 2.49. The van der Waals surface area contributed by atoms with Crippen LogP contribution in [0.25, 0.3) is 11.1 Å². The summed E-state index contributed by atoms with van der Waals surface area (Å²) in [4.78, 5) is 11.5. The predicted octanol–water partition coefficient (Wildman–Crippen LogP) is 2.79. The molecule has 2 aromatic carbocycles. The molecule has 0 spiro atoms. The molecule has 0 saturated heterocycles. The molecule has 0 bridgehead atoms. The molecule has 0 aliphatic carbocycles. The second-order valence-electron chi connectivity index (χ2n) is 4.63. The Labute approximate surface area is 119 Å². The van der Waals surface area contributed by atoms with Crippen LogP contribution in [-0.4, -0.2) is 18.6 Å². The van der Waals surface area contributed by atoms with Crippen LogP contribution < -0.4 is 5.73 Å². The second-order valence-corrected chi connectivity index (χ2v) is 4.63. The van der Waals surface area contributed by atoms with Gasteiger partial charge in [0.05, 0.1) is 6.61 Å². The Morgan fingerprint density at radius 3 is 2.25 bits per heavy atom. The van der Waals surface area contributed by atoms with Crippen LogP contribution in [0.2, 0.25) is 0 Å². The molecular weight excluding hydrogens is 250 g/mol. The molecule has 1 atom stereocenters. The van der Waals surface area contributed by atoms with Crippen molar-refractivity contribution in [1.82, 2.24) is 0 Å². The molecule has 0 aliphatic heterocycles. The number of nitrogens with two attached hydrogens (primary N) is 1. The van der Waals surface area contributed by atoms with E-state index in [-0.39, 0.29) is 5.97 Å². The maximum absolute atomic E-state index is 11.5. The van der Waals surface area contributed by atoms with E-state index in [0.717, 1.165) is 11.1 Å². The van der Waals surface area contributed by atoms with E-state index in [1.54, 1.807) is 6.92 Å². The van der Waals surface area contributed by atoms with Crippen LogP contribution in [0.4, 0.5) is 0 Å². The fraction of sp³-hybridized carbons (Fsp3) is 0.235. The molecule has 3 heteroatoms. The van der Waals surface area contributed by atoms with Gasteiger partial charge in [0.15, 0.2) is 0 Å². The van der Waals surface area contributed by atoms with Crippen LogP contribution in [0.1, 0.15) is 12.5 Å². The van der Waals surface area contributed by atoms with Crippen molar-refractivity contribution in [2.45, 2.75) is 19.4 Å². The van der Waals surface area contributed by atoms with Crippen molar-refractivity contribution >= 4 is 5.97 Å². The predicted molar refractivity (Wildman–Crippen MR) is 80.2 cm³/mol. The minimum Gasteiger partial charge on any atom is -0.465 e. The molecule has 0 aromatic heterocycles. The first-order valence-electron chi connectivity index (χ1n) is 6.77. The first kappa shape index (κ1) is 14.3. The summed E-state index contributed by atoms with van der Waals surface area (Å²) in [5.41, 5.74) is 9.17. The topological polar surface area (TPSA) is 52.3 Å². The Morgan fingerprint density at radius 2 is 1.65 bits per heavy atom. The highest BCUT2D eigenvalue weighted by atomic mass is 16.5. The third-order valence-corrected chi connectivity index (χ3v) is 3.11. The Bertz CT molecular complexity index is 549. The van der Waals surface area contributed by atoms with Gasteiger partial charge in [-0.2, -0.15) is 0 Å². The van der Waals surface area contributed by atoms with Gasteiger partial charge in [0.2, 0.25) is 0 Å². The molecule has 20 heavy (non-hydrogen) atoms. The van der Waals surface area contributed by atoms with Crippen LogP contribution >= 0.6 is 0 Å². The van der Waals surface area contributed by atoms with Gasteiger partial charge >= 0.3 is 5.97 Å². The lowest BCUT2D eigenvalue weighted by Crippen LogP contribution is -2.34. The molecule has 3 nitrogen and oxygen atoms in total. The first-order valence-corrected chi connectivity index (χ1v) is 6.77. The Kier molecular flexibility index (Phi) is 4.91. The van der Waals surface area contributed by atoms with Crippen LogP contribution in [0.3, 0.4) is 0 Å². The normalized spacial score (nSPS) is 11.9. The fourth-order valence-electron chi connectivity index (χ4n) is 2.05. The molecule has 0 unspecified atom stereocenters. The Morgan fingerprint density at radius 1 is 1.05 bits per heavy atom. The number of carbonyl (C=O) groups excluding carboxylic acids is 1. The van der Waals surface area contributed by atoms with Crippen molar-refractivity contribution in [1.29, 1.82) is 0 Å². The molecular formula is C17H19NO2. The van der Waals surface area contributed by atoms with Crippen LogP contribution in [0.15, 0.2) is 54.6 Å². The smallest absolute Gasteiger partial charge is 0.323 e. The number of esters is 1. The molecule has 0 saturated carbocycles. The summed E-state index contributed by atoms with van der Waals surface area (Å²) in [6, 6.07) is 17.7. The molecule has 0 heterocycles. The molecule has 0 amide bonds. The summed E-state index contributed by atoms with van der Waals surface area (Å²) in [5.74, 6) is -0.348. The minimum absolute atomic E-state index is 0.348. The summed E-state index contributed by atoms with van der Waals surface area (Å²) in [6.45, 7) is 2.14. The molecule has 2 aromatic rings. The summed E-state index contributed by atoms with van der Waals surface area (Å²) in [6.07, 6.45) is 0.494. The zero-order valence-electron chi connectivity index (χ0n) is 11.6. The molecule has 2 N–H and O–H groups in total. The zero-order chi connectivity index (χ0) is 14.4. The van der Waals surface area contributed by atoms with Crippen LogP contribution in [0.5, 0.6) is 0 Å². The SMILES string of the molecule is CCOC(=O)[C@@H](N)Cc1ccc(-c2ccccc2)cc1. The zero-order valence-corrected chi connectivity index (χ0v) is 11.6. The summed E-state index contributed by atoms with van der Waals surface area (Å²) in [7, 11) is 0. The van der Waals surface area contributed by atoms with E-state index in [9.17, 15) is 4.79 Å². The lowest BCUT2D eigenvalue weighted by molar-refractivity contribution is -0.144. The van der Waals surface area contributed by atoms with Crippen molar-refractivity contribution in [2.75, 3.05) is 6.61 Å². The lowest BCUT2D eigenvalue weighted by Gasteiger charge is -2.11. The summed E-state index contributed by atoms with van der Waals surface area (Å²) < 4.78 is 4.90. The maximum Gasteiger partial charge on any atom is 0.323 e. The van der Waals surface area contributed by atoms with Gasteiger partial charge in [0, 0.05) is 0 Å². The highest BCUT2D eigenvalue weighted by Gasteiger charge is 2.14. The number of rotatable bonds is 5. The largest absolute Gasteiger partial charge is 0.465 e. The fourth-order valence-corrected chi connectivity index (χ4v) is 2.05. The van der Waals surface area contributed by atoms with E-state index < -0.39 is 6.04 Å². The van der Waals surface area contributed by atoms with Gasteiger partial charge in [-0.1, -0.05) is 54.6 Å². The van der Waals surface area contributed by atoms with E-state index in [1.807, 2.05) is 42.5 Å². The summed E-state index contributed by atoms with van der Waals surface area (Å²) in [5, 5.41) is 0. The minimum atomic E-state index is -0.600. The third kappa shape index (κ3) is 3.68. The molecule has 0 radical (unpaired) electrons. The second kappa shape index (κ2) is 6.87. The van der Waals surface area contributed by atoms with Crippen molar-refractivity contribution in [3.63, 3.8) is 0 Å². The van der Waals surface area contributed by atoms with E-state index in [1.165, 1.54) is 5.56 Å². The van der Waals surface area contributed by atoms with Crippen molar-refractivity contribution in [3.05, 3.63) is 60.2 Å². The maximum atomic E-state index is 11.5. The molecule has 2 rings (SSSR count). The van der Waals surface area contributed by atoms with Crippen LogP contribution in [-0.2, 0) is 16.0 Å². The van der Waals surface area contributed by atoms with E-state index >= 15 is 0 Å².